The van der Waals surface area contributed by atoms with Crippen molar-refractivity contribution in [2.45, 2.75) is 44.9 Å². The fourth-order valence-corrected chi connectivity index (χ4v) is 5.42. The molecule has 1 aliphatic heterocycles. The predicted molar refractivity (Wildman–Crippen MR) is 122 cm³/mol. The highest BCUT2D eigenvalue weighted by molar-refractivity contribution is 7.99. The van der Waals surface area contributed by atoms with Crippen molar-refractivity contribution in [1.82, 2.24) is 14.9 Å². The number of aromatic nitrogens is 2. The molecule has 0 bridgehead atoms. The molecule has 1 aliphatic rings. The molecule has 6 nitrogen and oxygen atoms in total. The highest BCUT2D eigenvalue weighted by Gasteiger charge is 2.20. The molecule has 1 atom stereocenters. The second kappa shape index (κ2) is 8.91. The molecule has 1 N–H and O–H groups in total. The fourth-order valence-electron chi connectivity index (χ4n) is 3.51. The van der Waals surface area contributed by atoms with Gasteiger partial charge in [0.25, 0.3) is 5.56 Å². The molecule has 0 unspecified atom stereocenters. The van der Waals surface area contributed by atoms with Gasteiger partial charge in [-0.15, -0.1) is 11.3 Å². The van der Waals surface area contributed by atoms with Crippen LogP contribution < -0.4 is 10.9 Å². The van der Waals surface area contributed by atoms with Gasteiger partial charge < -0.3 is 10.1 Å². The number of fused-ring (bicyclic) bond motifs is 1. The van der Waals surface area contributed by atoms with Crippen LogP contribution in [0.2, 0.25) is 0 Å². The van der Waals surface area contributed by atoms with Gasteiger partial charge in [-0.25, -0.2) is 4.98 Å². The molecule has 1 saturated heterocycles. The summed E-state index contributed by atoms with van der Waals surface area (Å²) < 4.78 is 7.18. The molecule has 1 aromatic carbocycles. The lowest BCUT2D eigenvalue weighted by Crippen LogP contribution is -2.33. The first-order valence-electron chi connectivity index (χ1n) is 10.0. The summed E-state index contributed by atoms with van der Waals surface area (Å²) in [5.74, 6) is 0.110. The van der Waals surface area contributed by atoms with Crippen molar-refractivity contribution in [2.24, 2.45) is 0 Å². The first-order chi connectivity index (χ1) is 14.4. The number of nitrogens with one attached hydrogen (secondary N) is 1. The zero-order valence-corrected chi connectivity index (χ0v) is 19.0. The Hall–Kier alpha value is -2.16. The molecular formula is C22H25N3O3S2. The van der Waals surface area contributed by atoms with E-state index < -0.39 is 0 Å². The van der Waals surface area contributed by atoms with E-state index in [2.05, 4.69) is 5.32 Å². The van der Waals surface area contributed by atoms with Gasteiger partial charge in [0, 0.05) is 18.0 Å². The Bertz CT molecular complexity index is 1130. The zero-order valence-electron chi connectivity index (χ0n) is 17.4. The lowest BCUT2D eigenvalue weighted by Gasteiger charge is -2.13. The van der Waals surface area contributed by atoms with Crippen LogP contribution in [0.3, 0.4) is 0 Å². The maximum Gasteiger partial charge on any atom is 0.267 e. The average Bonchev–Trinajstić information content (AvgIpc) is 3.34. The molecular weight excluding hydrogens is 418 g/mol. The van der Waals surface area contributed by atoms with Crippen LogP contribution in [0.15, 0.2) is 34.2 Å². The third kappa shape index (κ3) is 4.31. The number of carbonyl (C=O) groups is 1. The highest BCUT2D eigenvalue weighted by Crippen LogP contribution is 2.29. The van der Waals surface area contributed by atoms with E-state index in [0.29, 0.717) is 17.1 Å². The minimum atomic E-state index is -0.0898. The maximum absolute atomic E-state index is 13.4. The van der Waals surface area contributed by atoms with Crippen LogP contribution in [0.5, 0.6) is 0 Å². The van der Waals surface area contributed by atoms with E-state index in [1.165, 1.54) is 23.1 Å². The second-order valence-corrected chi connectivity index (χ2v) is 9.71. The topological polar surface area (TPSA) is 73.2 Å². The van der Waals surface area contributed by atoms with Gasteiger partial charge in [0.05, 0.1) is 22.9 Å². The van der Waals surface area contributed by atoms with E-state index in [1.807, 2.05) is 45.0 Å². The third-order valence-electron chi connectivity index (χ3n) is 5.35. The van der Waals surface area contributed by atoms with Crippen LogP contribution >= 0.6 is 23.1 Å². The van der Waals surface area contributed by atoms with Crippen LogP contribution in [0.25, 0.3) is 15.9 Å². The minimum absolute atomic E-state index is 0.0844. The van der Waals surface area contributed by atoms with Crippen molar-refractivity contribution in [1.29, 1.82) is 0 Å². The number of thioether (sulfide) groups is 1. The van der Waals surface area contributed by atoms with Gasteiger partial charge in [-0.05, 0) is 51.3 Å². The lowest BCUT2D eigenvalue weighted by atomic mass is 10.2. The summed E-state index contributed by atoms with van der Waals surface area (Å²) in [4.78, 5) is 32.4. The number of amides is 1. The van der Waals surface area contributed by atoms with Crippen LogP contribution in [0.4, 0.5) is 0 Å². The van der Waals surface area contributed by atoms with E-state index >= 15 is 0 Å². The summed E-state index contributed by atoms with van der Waals surface area (Å²) in [5.41, 5.74) is 2.75. The number of ether oxygens (including phenoxy) is 1. The summed E-state index contributed by atoms with van der Waals surface area (Å²) in [5, 5.41) is 4.12. The van der Waals surface area contributed by atoms with Gasteiger partial charge in [0.1, 0.15) is 4.83 Å². The van der Waals surface area contributed by atoms with Crippen LogP contribution in [-0.4, -0.2) is 40.5 Å². The molecule has 158 valence electrons. The summed E-state index contributed by atoms with van der Waals surface area (Å²) in [7, 11) is 0. The number of hydrogen-bond donors (Lipinski definition) is 1. The molecule has 4 rings (SSSR count). The molecule has 0 radical (unpaired) electrons. The van der Waals surface area contributed by atoms with Crippen molar-refractivity contribution >= 4 is 39.2 Å². The lowest BCUT2D eigenvalue weighted by molar-refractivity contribution is -0.119. The molecule has 1 fully saturated rings. The quantitative estimate of drug-likeness (QED) is 0.464. The summed E-state index contributed by atoms with van der Waals surface area (Å²) in [6.07, 6.45) is 2.13. The minimum Gasteiger partial charge on any atom is -0.376 e. The van der Waals surface area contributed by atoms with Gasteiger partial charge in [-0.1, -0.05) is 29.5 Å². The molecule has 2 aromatic heterocycles. The van der Waals surface area contributed by atoms with Crippen molar-refractivity contribution in [2.75, 3.05) is 18.9 Å². The van der Waals surface area contributed by atoms with Crippen molar-refractivity contribution in [3.8, 4) is 5.69 Å². The maximum atomic E-state index is 13.4. The SMILES string of the molecule is Cc1ccc(-n2c(SCC(=O)NC[C@H]3CCCO3)nc3sc(C)c(C)c3c2=O)cc1. The zero-order chi connectivity index (χ0) is 21.3. The van der Waals surface area contributed by atoms with E-state index in [4.69, 9.17) is 9.72 Å². The number of hydrogen-bond acceptors (Lipinski definition) is 6. The third-order valence-corrected chi connectivity index (χ3v) is 7.39. The van der Waals surface area contributed by atoms with Crippen molar-refractivity contribution in [3.63, 3.8) is 0 Å². The van der Waals surface area contributed by atoms with E-state index in [1.54, 1.807) is 4.57 Å². The summed E-state index contributed by atoms with van der Waals surface area (Å²) >= 11 is 2.81. The van der Waals surface area contributed by atoms with Crippen molar-refractivity contribution in [3.05, 3.63) is 50.6 Å². The van der Waals surface area contributed by atoms with Crippen LogP contribution in [0.1, 0.15) is 28.8 Å². The number of carbonyl (C=O) groups excluding carboxylic acids is 1. The van der Waals surface area contributed by atoms with Gasteiger partial charge in [-0.3, -0.25) is 14.2 Å². The van der Waals surface area contributed by atoms with Crippen LogP contribution in [-0.2, 0) is 9.53 Å². The molecule has 0 saturated carbocycles. The summed E-state index contributed by atoms with van der Waals surface area (Å²) in [6, 6.07) is 7.78. The Balaban J connectivity index is 1.63. The Morgan fingerprint density at radius 2 is 2.07 bits per heavy atom. The molecule has 0 spiro atoms. The number of thiophene rings is 1. The summed E-state index contributed by atoms with van der Waals surface area (Å²) in [6.45, 7) is 7.26. The van der Waals surface area contributed by atoms with Gasteiger partial charge >= 0.3 is 0 Å². The number of rotatable bonds is 6. The predicted octanol–water partition coefficient (Wildman–Crippen LogP) is 3.76. The first-order valence-corrected chi connectivity index (χ1v) is 11.8. The molecule has 30 heavy (non-hydrogen) atoms. The normalized spacial score (nSPS) is 16.3. The molecule has 1 amide bonds. The van der Waals surface area contributed by atoms with E-state index in [-0.39, 0.29) is 23.3 Å². The second-order valence-electron chi connectivity index (χ2n) is 7.56. The van der Waals surface area contributed by atoms with Gasteiger partial charge in [-0.2, -0.15) is 0 Å². The molecule has 3 heterocycles. The Labute approximate surface area is 183 Å². The van der Waals surface area contributed by atoms with Crippen LogP contribution in [0, 0.1) is 20.8 Å². The first kappa shape index (κ1) is 21.1. The smallest absolute Gasteiger partial charge is 0.267 e. The largest absolute Gasteiger partial charge is 0.376 e. The Morgan fingerprint density at radius 3 is 2.77 bits per heavy atom. The highest BCUT2D eigenvalue weighted by atomic mass is 32.2. The Morgan fingerprint density at radius 1 is 1.30 bits per heavy atom. The molecule has 3 aromatic rings. The molecule has 8 heteroatoms. The standard InChI is InChI=1S/C22H25N3O3S2/c1-13-6-8-16(9-7-13)25-21(27)19-14(2)15(3)30-20(19)24-22(25)29-12-18(26)23-11-17-5-4-10-28-17/h6-9,17H,4-5,10-12H2,1-3H3,(H,23,26)/t17-/m1/s1. The molecule has 0 aliphatic carbocycles. The van der Waals surface area contributed by atoms with E-state index in [0.717, 1.165) is 46.0 Å². The number of aryl methyl sites for hydroxylation is 3. The van der Waals surface area contributed by atoms with E-state index in [9.17, 15) is 9.59 Å². The monoisotopic (exact) mass is 443 g/mol. The van der Waals surface area contributed by atoms with Gasteiger partial charge in [0.2, 0.25) is 5.91 Å². The van der Waals surface area contributed by atoms with Crippen molar-refractivity contribution < 1.29 is 9.53 Å². The number of benzene rings is 1. The fraction of sp³-hybridized carbons (Fsp3) is 0.409. The number of nitrogens with zero attached hydrogens (tertiary/aromatic N) is 2. The Kier molecular flexibility index (Phi) is 6.26. The van der Waals surface area contributed by atoms with Gasteiger partial charge in [0.15, 0.2) is 5.16 Å². The average molecular weight is 444 g/mol.